The number of fused-ring (bicyclic) bond motifs is 4. The van der Waals surface area contributed by atoms with Crippen molar-refractivity contribution in [2.75, 3.05) is 19.7 Å². The number of benzene rings is 1. The highest BCUT2D eigenvalue weighted by molar-refractivity contribution is 6.31. The van der Waals surface area contributed by atoms with Crippen molar-refractivity contribution in [1.29, 1.82) is 0 Å². The lowest BCUT2D eigenvalue weighted by Crippen LogP contribution is -2.41. The Bertz CT molecular complexity index is 602. The SMILES string of the molecule is Clc1ccc2c(c1[C@@H]1C[C@@H]3CC[C@H]1C3)C1(CCNCC1)CO2. The molecule has 118 valence electrons. The fourth-order valence-corrected chi connectivity index (χ4v) is 6.09. The summed E-state index contributed by atoms with van der Waals surface area (Å²) in [6.45, 7) is 3.06. The zero-order valence-electron chi connectivity index (χ0n) is 13.0. The van der Waals surface area contributed by atoms with E-state index in [1.165, 1.54) is 49.7 Å². The summed E-state index contributed by atoms with van der Waals surface area (Å²) >= 11 is 6.76. The molecule has 0 unspecified atom stereocenters. The Kier molecular flexibility index (Phi) is 3.04. The molecule has 5 rings (SSSR count). The predicted octanol–water partition coefficient (Wildman–Crippen LogP) is 4.26. The summed E-state index contributed by atoms with van der Waals surface area (Å²) in [5.41, 5.74) is 3.20. The molecule has 0 radical (unpaired) electrons. The zero-order chi connectivity index (χ0) is 14.7. The van der Waals surface area contributed by atoms with E-state index in [0.717, 1.165) is 42.3 Å². The van der Waals surface area contributed by atoms with E-state index in [0.29, 0.717) is 5.92 Å². The molecule has 1 N–H and O–H groups in total. The first-order valence-corrected chi connectivity index (χ1v) is 9.31. The second-order valence-corrected chi connectivity index (χ2v) is 8.34. The summed E-state index contributed by atoms with van der Waals surface area (Å²) in [6, 6.07) is 4.20. The fraction of sp³-hybridized carbons (Fsp3) is 0.684. The maximum atomic E-state index is 6.76. The molecule has 1 saturated heterocycles. The molecule has 0 amide bonds. The van der Waals surface area contributed by atoms with E-state index < -0.39 is 0 Å². The second-order valence-electron chi connectivity index (χ2n) is 7.93. The molecule has 1 spiro atoms. The van der Waals surface area contributed by atoms with Gasteiger partial charge in [-0.1, -0.05) is 18.0 Å². The lowest BCUT2D eigenvalue weighted by Gasteiger charge is -2.36. The molecular formula is C19H24ClNO. The van der Waals surface area contributed by atoms with Crippen LogP contribution >= 0.6 is 11.6 Å². The van der Waals surface area contributed by atoms with Crippen LogP contribution in [0.3, 0.4) is 0 Å². The van der Waals surface area contributed by atoms with Crippen molar-refractivity contribution < 1.29 is 4.74 Å². The first-order valence-electron chi connectivity index (χ1n) is 8.93. The number of halogens is 1. The number of piperidine rings is 1. The van der Waals surface area contributed by atoms with Crippen molar-refractivity contribution in [2.24, 2.45) is 11.8 Å². The highest BCUT2D eigenvalue weighted by Crippen LogP contribution is 2.58. The van der Waals surface area contributed by atoms with Crippen LogP contribution in [0.2, 0.25) is 5.02 Å². The molecular weight excluding hydrogens is 294 g/mol. The molecule has 0 aromatic heterocycles. The van der Waals surface area contributed by atoms with Crippen LogP contribution in [0, 0.1) is 11.8 Å². The van der Waals surface area contributed by atoms with Crippen LogP contribution in [0.1, 0.15) is 55.6 Å². The Hall–Kier alpha value is -0.730. The molecule has 2 bridgehead atoms. The first-order chi connectivity index (χ1) is 10.8. The molecule has 2 nitrogen and oxygen atoms in total. The fourth-order valence-electron chi connectivity index (χ4n) is 5.79. The molecule has 2 heterocycles. The molecule has 4 aliphatic rings. The van der Waals surface area contributed by atoms with Gasteiger partial charge in [0.15, 0.2) is 0 Å². The van der Waals surface area contributed by atoms with Gasteiger partial charge in [0.25, 0.3) is 0 Å². The van der Waals surface area contributed by atoms with E-state index in [2.05, 4.69) is 17.4 Å². The topological polar surface area (TPSA) is 21.3 Å². The quantitative estimate of drug-likeness (QED) is 0.835. The van der Waals surface area contributed by atoms with Crippen LogP contribution in [-0.2, 0) is 5.41 Å². The summed E-state index contributed by atoms with van der Waals surface area (Å²) in [6.07, 6.45) is 8.02. The molecule has 2 aliphatic carbocycles. The summed E-state index contributed by atoms with van der Waals surface area (Å²) in [4.78, 5) is 0. The maximum absolute atomic E-state index is 6.76. The molecule has 22 heavy (non-hydrogen) atoms. The Morgan fingerprint density at radius 2 is 2.00 bits per heavy atom. The number of rotatable bonds is 1. The first kappa shape index (κ1) is 13.7. The minimum Gasteiger partial charge on any atom is -0.492 e. The van der Waals surface area contributed by atoms with Crippen molar-refractivity contribution in [3.63, 3.8) is 0 Å². The summed E-state index contributed by atoms with van der Waals surface area (Å²) in [7, 11) is 0. The third kappa shape index (κ3) is 1.83. The Morgan fingerprint density at radius 3 is 2.73 bits per heavy atom. The number of hydrogen-bond acceptors (Lipinski definition) is 2. The largest absolute Gasteiger partial charge is 0.492 e. The highest BCUT2D eigenvalue weighted by atomic mass is 35.5. The molecule has 1 aromatic carbocycles. The van der Waals surface area contributed by atoms with Gasteiger partial charge < -0.3 is 10.1 Å². The Labute approximate surface area is 137 Å². The van der Waals surface area contributed by atoms with Crippen LogP contribution in [0.25, 0.3) is 0 Å². The van der Waals surface area contributed by atoms with Gasteiger partial charge in [-0.3, -0.25) is 0 Å². The molecule has 3 fully saturated rings. The van der Waals surface area contributed by atoms with E-state index in [1.54, 1.807) is 0 Å². The summed E-state index contributed by atoms with van der Waals surface area (Å²) in [5, 5.41) is 4.51. The lowest BCUT2D eigenvalue weighted by molar-refractivity contribution is 0.219. The van der Waals surface area contributed by atoms with Crippen LogP contribution in [0.5, 0.6) is 5.75 Å². The maximum Gasteiger partial charge on any atom is 0.123 e. The third-order valence-electron chi connectivity index (χ3n) is 6.86. The van der Waals surface area contributed by atoms with E-state index in [9.17, 15) is 0 Å². The van der Waals surface area contributed by atoms with E-state index in [1.807, 2.05) is 0 Å². The van der Waals surface area contributed by atoms with Crippen molar-refractivity contribution in [2.45, 2.75) is 49.9 Å². The van der Waals surface area contributed by atoms with Crippen molar-refractivity contribution >= 4 is 11.6 Å². The summed E-state index contributed by atoms with van der Waals surface area (Å²) < 4.78 is 6.14. The van der Waals surface area contributed by atoms with Gasteiger partial charge in [-0.25, -0.2) is 0 Å². The average molecular weight is 318 g/mol. The lowest BCUT2D eigenvalue weighted by atomic mass is 9.69. The summed E-state index contributed by atoms with van der Waals surface area (Å²) in [5.74, 6) is 3.64. The highest BCUT2D eigenvalue weighted by Gasteiger charge is 2.48. The zero-order valence-corrected chi connectivity index (χ0v) is 13.8. The van der Waals surface area contributed by atoms with Gasteiger partial charge in [-0.15, -0.1) is 0 Å². The Balaban J connectivity index is 1.64. The number of hydrogen-bond donors (Lipinski definition) is 1. The molecule has 2 aliphatic heterocycles. The van der Waals surface area contributed by atoms with Crippen LogP contribution in [0.15, 0.2) is 12.1 Å². The van der Waals surface area contributed by atoms with Crippen LogP contribution in [-0.4, -0.2) is 19.7 Å². The van der Waals surface area contributed by atoms with Crippen LogP contribution < -0.4 is 10.1 Å². The van der Waals surface area contributed by atoms with Gasteiger partial charge >= 0.3 is 0 Å². The van der Waals surface area contributed by atoms with Gasteiger partial charge in [0.2, 0.25) is 0 Å². The molecule has 2 saturated carbocycles. The minimum absolute atomic E-state index is 0.225. The standard InChI is InChI=1S/C19H24ClNO/c20-15-3-4-16-18(19(11-22-16)5-7-21-8-6-19)17(15)14-10-12-1-2-13(14)9-12/h3-4,12-14,21H,1-2,5-11H2/t12-,13+,14-/m1/s1. The predicted molar refractivity (Wildman–Crippen MR) is 88.9 cm³/mol. The van der Waals surface area contributed by atoms with Crippen molar-refractivity contribution in [3.05, 3.63) is 28.3 Å². The monoisotopic (exact) mass is 317 g/mol. The van der Waals surface area contributed by atoms with Crippen molar-refractivity contribution in [1.82, 2.24) is 5.32 Å². The average Bonchev–Trinajstić information content (AvgIpc) is 3.24. The van der Waals surface area contributed by atoms with Crippen LogP contribution in [0.4, 0.5) is 0 Å². The molecule has 3 atom stereocenters. The minimum atomic E-state index is 0.225. The van der Waals surface area contributed by atoms with Gasteiger partial charge in [0, 0.05) is 16.0 Å². The Morgan fingerprint density at radius 1 is 1.14 bits per heavy atom. The number of ether oxygens (including phenoxy) is 1. The normalized spacial score (nSPS) is 34.9. The van der Waals surface area contributed by atoms with Gasteiger partial charge in [-0.2, -0.15) is 0 Å². The van der Waals surface area contributed by atoms with E-state index >= 15 is 0 Å². The van der Waals surface area contributed by atoms with Gasteiger partial charge in [-0.05, 0) is 80.6 Å². The second kappa shape index (κ2) is 4.88. The van der Waals surface area contributed by atoms with Crippen molar-refractivity contribution in [3.8, 4) is 5.75 Å². The van der Waals surface area contributed by atoms with Gasteiger partial charge in [0.05, 0.1) is 6.61 Å². The smallest absolute Gasteiger partial charge is 0.123 e. The van der Waals surface area contributed by atoms with E-state index in [4.69, 9.17) is 16.3 Å². The third-order valence-corrected chi connectivity index (χ3v) is 7.19. The number of nitrogens with one attached hydrogen (secondary N) is 1. The van der Waals surface area contributed by atoms with E-state index in [-0.39, 0.29) is 5.41 Å². The van der Waals surface area contributed by atoms with Gasteiger partial charge in [0.1, 0.15) is 5.75 Å². The molecule has 1 aromatic rings. The molecule has 3 heteroatoms.